The summed E-state index contributed by atoms with van der Waals surface area (Å²) in [6.45, 7) is 1.71. The second-order valence-corrected chi connectivity index (χ2v) is 9.30. The summed E-state index contributed by atoms with van der Waals surface area (Å²) in [5.74, 6) is 1.59. The first-order valence-electron chi connectivity index (χ1n) is 11.5. The third-order valence-corrected chi connectivity index (χ3v) is 7.17. The summed E-state index contributed by atoms with van der Waals surface area (Å²) >= 11 is 0. The zero-order valence-corrected chi connectivity index (χ0v) is 18.2. The molecule has 6 rings (SSSR count). The quantitative estimate of drug-likeness (QED) is 0.538. The maximum Gasteiger partial charge on any atom is 0.254 e. The zero-order valence-electron chi connectivity index (χ0n) is 18.2. The summed E-state index contributed by atoms with van der Waals surface area (Å²) in [6.07, 6.45) is 4.94. The van der Waals surface area contributed by atoms with Crippen LogP contribution in [0.15, 0.2) is 72.8 Å². The molecule has 0 radical (unpaired) electrons. The van der Waals surface area contributed by atoms with Crippen LogP contribution in [0.2, 0.25) is 0 Å². The maximum absolute atomic E-state index is 13.8. The molecule has 4 nitrogen and oxygen atoms in total. The van der Waals surface area contributed by atoms with E-state index in [1.54, 1.807) is 24.3 Å². The van der Waals surface area contributed by atoms with E-state index in [9.17, 15) is 15.0 Å². The van der Waals surface area contributed by atoms with Gasteiger partial charge in [0.1, 0.15) is 11.5 Å². The standard InChI is InChI=1S/C28H29NO3/c30-23-13-9-21(10-14-23)27(22-11-15-24(31)16-12-22)25-3-1-2-4-26(25)28(32)29-17-19-5-6-20(18-29)8-7-19/h1-4,9-16,19-20,27,30-31H,5-8,17-18H2. The molecule has 3 aliphatic rings. The fraction of sp³-hybridized carbons (Fsp3) is 0.321. The smallest absolute Gasteiger partial charge is 0.254 e. The van der Waals surface area contributed by atoms with E-state index < -0.39 is 0 Å². The van der Waals surface area contributed by atoms with E-state index in [1.807, 2.05) is 48.5 Å². The number of phenols is 2. The molecule has 3 aromatic rings. The molecular weight excluding hydrogens is 398 g/mol. The SMILES string of the molecule is O=C(c1ccccc1C(c1ccc(O)cc1)c1ccc(O)cc1)N1CC2CCC(CC2)C1. The summed E-state index contributed by atoms with van der Waals surface area (Å²) in [5.41, 5.74) is 3.67. The average molecular weight is 428 g/mol. The van der Waals surface area contributed by atoms with Crippen molar-refractivity contribution in [3.8, 4) is 11.5 Å². The first kappa shape index (κ1) is 20.6. The van der Waals surface area contributed by atoms with E-state index >= 15 is 0 Å². The number of aromatic hydroxyl groups is 2. The van der Waals surface area contributed by atoms with Crippen LogP contribution in [-0.4, -0.2) is 34.1 Å². The number of carbonyl (C=O) groups excluding carboxylic acids is 1. The minimum Gasteiger partial charge on any atom is -0.508 e. The van der Waals surface area contributed by atoms with Crippen molar-refractivity contribution in [2.45, 2.75) is 31.6 Å². The van der Waals surface area contributed by atoms with Crippen LogP contribution in [0.3, 0.4) is 0 Å². The zero-order chi connectivity index (χ0) is 22.1. The first-order chi connectivity index (χ1) is 15.6. The van der Waals surface area contributed by atoms with Crippen molar-refractivity contribution >= 4 is 5.91 Å². The van der Waals surface area contributed by atoms with Gasteiger partial charge in [0.25, 0.3) is 5.91 Å². The molecule has 0 unspecified atom stereocenters. The van der Waals surface area contributed by atoms with Crippen LogP contribution in [-0.2, 0) is 0 Å². The number of hydrogen-bond acceptors (Lipinski definition) is 3. The van der Waals surface area contributed by atoms with E-state index in [-0.39, 0.29) is 23.3 Å². The Kier molecular flexibility index (Phi) is 5.60. The van der Waals surface area contributed by atoms with Crippen LogP contribution >= 0.6 is 0 Å². The van der Waals surface area contributed by atoms with Crippen LogP contribution in [0, 0.1) is 11.8 Å². The fourth-order valence-corrected chi connectivity index (χ4v) is 5.46. The molecule has 4 heteroatoms. The molecule has 1 saturated carbocycles. The van der Waals surface area contributed by atoms with Gasteiger partial charge in [0, 0.05) is 24.6 Å². The number of carbonyl (C=O) groups is 1. The minimum absolute atomic E-state index is 0.113. The fourth-order valence-electron chi connectivity index (χ4n) is 5.46. The van der Waals surface area contributed by atoms with Crippen LogP contribution in [0.25, 0.3) is 0 Å². The van der Waals surface area contributed by atoms with Crippen LogP contribution in [0.5, 0.6) is 11.5 Å². The van der Waals surface area contributed by atoms with E-state index in [4.69, 9.17) is 0 Å². The Morgan fingerprint density at radius 1 is 0.719 bits per heavy atom. The van der Waals surface area contributed by atoms with Gasteiger partial charge in [-0.3, -0.25) is 4.79 Å². The second kappa shape index (κ2) is 8.70. The van der Waals surface area contributed by atoms with Crippen molar-refractivity contribution in [2.24, 2.45) is 11.8 Å². The molecular formula is C28H29NO3. The van der Waals surface area contributed by atoms with Gasteiger partial charge in [-0.2, -0.15) is 0 Å². The van der Waals surface area contributed by atoms with Crippen molar-refractivity contribution in [1.29, 1.82) is 0 Å². The number of fused-ring (bicyclic) bond motifs is 4. The van der Waals surface area contributed by atoms with Crippen molar-refractivity contribution < 1.29 is 15.0 Å². The summed E-state index contributed by atoms with van der Waals surface area (Å²) in [7, 11) is 0. The van der Waals surface area contributed by atoms with E-state index in [2.05, 4.69) is 4.90 Å². The predicted molar refractivity (Wildman–Crippen MR) is 125 cm³/mol. The van der Waals surface area contributed by atoms with Gasteiger partial charge in [0.2, 0.25) is 0 Å². The van der Waals surface area contributed by atoms with Crippen molar-refractivity contribution in [2.75, 3.05) is 13.1 Å². The Bertz CT molecular complexity index is 1020. The van der Waals surface area contributed by atoms with Crippen LogP contribution in [0.4, 0.5) is 0 Å². The lowest BCUT2D eigenvalue weighted by molar-refractivity contribution is 0.0738. The highest BCUT2D eigenvalue weighted by molar-refractivity contribution is 5.96. The Morgan fingerprint density at radius 2 is 1.19 bits per heavy atom. The largest absolute Gasteiger partial charge is 0.508 e. The normalized spacial score (nSPS) is 20.3. The van der Waals surface area contributed by atoms with Gasteiger partial charge in [0.15, 0.2) is 0 Å². The van der Waals surface area contributed by atoms with Crippen LogP contribution in [0.1, 0.15) is 58.6 Å². The summed E-state index contributed by atoms with van der Waals surface area (Å²) in [4.78, 5) is 15.9. The molecule has 0 atom stereocenters. The molecule has 3 fully saturated rings. The molecule has 32 heavy (non-hydrogen) atoms. The van der Waals surface area contributed by atoms with Gasteiger partial charge in [-0.25, -0.2) is 0 Å². The Labute approximate surface area is 189 Å². The van der Waals surface area contributed by atoms with Crippen LogP contribution < -0.4 is 0 Å². The molecule has 1 aliphatic carbocycles. The summed E-state index contributed by atoms with van der Waals surface area (Å²) < 4.78 is 0. The number of phenolic OH excluding ortho intramolecular Hbond substituents is 2. The van der Waals surface area contributed by atoms with Crippen molar-refractivity contribution in [3.05, 3.63) is 95.1 Å². The van der Waals surface area contributed by atoms with Crippen molar-refractivity contribution in [1.82, 2.24) is 4.90 Å². The van der Waals surface area contributed by atoms with Gasteiger partial charge in [-0.05, 0) is 84.5 Å². The predicted octanol–water partition coefficient (Wildman–Crippen LogP) is 5.54. The van der Waals surface area contributed by atoms with Crippen molar-refractivity contribution in [3.63, 3.8) is 0 Å². The molecule has 1 amide bonds. The Hall–Kier alpha value is -3.27. The number of rotatable bonds is 4. The molecule has 2 saturated heterocycles. The maximum atomic E-state index is 13.8. The molecule has 2 N–H and O–H groups in total. The molecule has 0 spiro atoms. The highest BCUT2D eigenvalue weighted by atomic mass is 16.3. The van der Waals surface area contributed by atoms with E-state index in [0.29, 0.717) is 11.8 Å². The highest BCUT2D eigenvalue weighted by Gasteiger charge is 2.33. The number of amides is 1. The average Bonchev–Trinajstić information content (AvgIpc) is 3.16. The third kappa shape index (κ3) is 4.10. The van der Waals surface area contributed by atoms with Gasteiger partial charge < -0.3 is 15.1 Å². The molecule has 2 heterocycles. The minimum atomic E-state index is -0.181. The molecule has 2 aliphatic heterocycles. The second-order valence-electron chi connectivity index (χ2n) is 9.30. The first-order valence-corrected chi connectivity index (χ1v) is 11.5. The summed E-state index contributed by atoms with van der Waals surface area (Å²) in [6, 6.07) is 22.2. The van der Waals surface area contributed by atoms with Gasteiger partial charge in [-0.1, -0.05) is 42.5 Å². The lowest BCUT2D eigenvalue weighted by Gasteiger charge is -2.27. The highest BCUT2D eigenvalue weighted by Crippen LogP contribution is 2.38. The van der Waals surface area contributed by atoms with Gasteiger partial charge in [0.05, 0.1) is 0 Å². The van der Waals surface area contributed by atoms with Gasteiger partial charge >= 0.3 is 0 Å². The summed E-state index contributed by atoms with van der Waals surface area (Å²) in [5, 5.41) is 19.6. The molecule has 2 bridgehead atoms. The topological polar surface area (TPSA) is 60.8 Å². The number of hydrogen-bond donors (Lipinski definition) is 2. The van der Waals surface area contributed by atoms with E-state index in [1.165, 1.54) is 25.7 Å². The Morgan fingerprint density at radius 3 is 1.69 bits per heavy atom. The lowest BCUT2D eigenvalue weighted by Crippen LogP contribution is -2.35. The lowest BCUT2D eigenvalue weighted by atomic mass is 9.82. The van der Waals surface area contributed by atoms with E-state index in [0.717, 1.165) is 35.3 Å². The van der Waals surface area contributed by atoms with Gasteiger partial charge in [-0.15, -0.1) is 0 Å². The number of nitrogens with zero attached hydrogens (tertiary/aromatic N) is 1. The molecule has 0 aromatic heterocycles. The Balaban J connectivity index is 1.57. The third-order valence-electron chi connectivity index (χ3n) is 7.17. The molecule has 3 aromatic carbocycles. The number of benzene rings is 3. The molecule has 164 valence electrons. The monoisotopic (exact) mass is 427 g/mol.